The lowest BCUT2D eigenvalue weighted by atomic mass is 9.84. The number of rotatable bonds is 1. The monoisotopic (exact) mass is 179 g/mol. The Balaban J connectivity index is 3.03. The Morgan fingerprint density at radius 3 is 2.15 bits per heavy atom. The first kappa shape index (κ1) is 10.2. The summed E-state index contributed by atoms with van der Waals surface area (Å²) in [4.78, 5) is 16.2. The first-order valence-electron chi connectivity index (χ1n) is 4.60. The van der Waals surface area contributed by atoms with E-state index in [1.165, 1.54) is 0 Å². The number of carbonyl (C=O) groups is 1. The van der Waals surface area contributed by atoms with Crippen LogP contribution in [0.4, 0.5) is 0 Å². The zero-order chi connectivity index (χ0) is 10.2. The second-order valence-electron chi connectivity index (χ2n) is 4.64. The second kappa shape index (κ2) is 3.09. The van der Waals surface area contributed by atoms with Crippen molar-refractivity contribution in [3.8, 4) is 0 Å². The Bertz CT molecular complexity index is 303. The van der Waals surface area contributed by atoms with Gasteiger partial charge in [-0.2, -0.15) is 0 Å². The van der Waals surface area contributed by atoms with Crippen molar-refractivity contribution in [3.05, 3.63) is 11.1 Å². The fourth-order valence-corrected chi connectivity index (χ4v) is 1.44. The molecule has 0 unspecified atom stereocenters. The molecule has 0 saturated carbocycles. The standard InChI is InChI=1S/C11H17NO/c1-7-6-12-8(2)9(7)10(13)11(3,4)5/h6H2,1-5H3. The molecule has 2 nitrogen and oxygen atoms in total. The van der Waals surface area contributed by atoms with Crippen LogP contribution < -0.4 is 0 Å². The third-order valence-electron chi connectivity index (χ3n) is 2.25. The lowest BCUT2D eigenvalue weighted by Gasteiger charge is -2.18. The van der Waals surface area contributed by atoms with Crippen molar-refractivity contribution in [3.63, 3.8) is 0 Å². The van der Waals surface area contributed by atoms with E-state index in [-0.39, 0.29) is 11.2 Å². The fourth-order valence-electron chi connectivity index (χ4n) is 1.44. The molecule has 0 atom stereocenters. The van der Waals surface area contributed by atoms with Gasteiger partial charge in [0.1, 0.15) is 0 Å². The van der Waals surface area contributed by atoms with Crippen LogP contribution in [0, 0.1) is 5.41 Å². The van der Waals surface area contributed by atoms with Crippen LogP contribution in [0.2, 0.25) is 0 Å². The van der Waals surface area contributed by atoms with Crippen LogP contribution in [0.5, 0.6) is 0 Å². The second-order valence-corrected chi connectivity index (χ2v) is 4.64. The molecule has 0 saturated heterocycles. The summed E-state index contributed by atoms with van der Waals surface area (Å²) in [6, 6.07) is 0. The largest absolute Gasteiger partial charge is 0.294 e. The predicted molar refractivity (Wildman–Crippen MR) is 55.1 cm³/mol. The highest BCUT2D eigenvalue weighted by atomic mass is 16.1. The molecule has 0 spiro atoms. The van der Waals surface area contributed by atoms with Gasteiger partial charge in [0.05, 0.1) is 6.54 Å². The Labute approximate surface area is 79.8 Å². The van der Waals surface area contributed by atoms with Crippen molar-refractivity contribution < 1.29 is 4.79 Å². The van der Waals surface area contributed by atoms with Crippen LogP contribution in [0.25, 0.3) is 0 Å². The van der Waals surface area contributed by atoms with Gasteiger partial charge < -0.3 is 0 Å². The van der Waals surface area contributed by atoms with E-state index in [9.17, 15) is 4.79 Å². The van der Waals surface area contributed by atoms with Gasteiger partial charge in [0, 0.05) is 16.7 Å². The van der Waals surface area contributed by atoms with Crippen molar-refractivity contribution >= 4 is 11.5 Å². The lowest BCUT2D eigenvalue weighted by Crippen LogP contribution is -2.25. The normalized spacial score (nSPS) is 17.8. The summed E-state index contributed by atoms with van der Waals surface area (Å²) >= 11 is 0. The van der Waals surface area contributed by atoms with Gasteiger partial charge in [-0.05, 0) is 19.4 Å². The zero-order valence-electron chi connectivity index (χ0n) is 9.06. The maximum atomic E-state index is 11.9. The summed E-state index contributed by atoms with van der Waals surface area (Å²) in [5.41, 5.74) is 2.57. The minimum absolute atomic E-state index is 0.212. The van der Waals surface area contributed by atoms with Gasteiger partial charge in [-0.15, -0.1) is 0 Å². The van der Waals surface area contributed by atoms with E-state index in [0.717, 1.165) is 16.9 Å². The molecule has 1 aliphatic heterocycles. The molecule has 0 aromatic rings. The van der Waals surface area contributed by atoms with E-state index in [0.29, 0.717) is 6.54 Å². The minimum Gasteiger partial charge on any atom is -0.294 e. The van der Waals surface area contributed by atoms with Crippen molar-refractivity contribution in [2.24, 2.45) is 10.4 Å². The third-order valence-corrected chi connectivity index (χ3v) is 2.25. The Morgan fingerprint density at radius 2 is 1.85 bits per heavy atom. The zero-order valence-corrected chi connectivity index (χ0v) is 9.06. The highest BCUT2D eigenvalue weighted by Gasteiger charge is 2.29. The molecule has 1 rings (SSSR count). The van der Waals surface area contributed by atoms with Crippen LogP contribution in [-0.4, -0.2) is 18.0 Å². The smallest absolute Gasteiger partial charge is 0.169 e. The van der Waals surface area contributed by atoms with Gasteiger partial charge in [-0.25, -0.2) is 0 Å². The molecular formula is C11H17NO. The number of allylic oxidation sites excluding steroid dienone is 1. The molecule has 1 aliphatic rings. The molecule has 0 radical (unpaired) electrons. The molecule has 0 aromatic carbocycles. The van der Waals surface area contributed by atoms with Gasteiger partial charge in [-0.1, -0.05) is 20.8 Å². The summed E-state index contributed by atoms with van der Waals surface area (Å²) in [5.74, 6) is 0.212. The van der Waals surface area contributed by atoms with Gasteiger partial charge in [0.2, 0.25) is 0 Å². The van der Waals surface area contributed by atoms with Crippen LogP contribution in [0.1, 0.15) is 34.6 Å². The molecule has 0 aromatic heterocycles. The fraction of sp³-hybridized carbons (Fsp3) is 0.636. The Morgan fingerprint density at radius 1 is 1.31 bits per heavy atom. The van der Waals surface area contributed by atoms with Crippen molar-refractivity contribution in [1.82, 2.24) is 0 Å². The average Bonchev–Trinajstić information content (AvgIpc) is 2.28. The number of carbonyl (C=O) groups excluding carboxylic acids is 1. The van der Waals surface area contributed by atoms with Crippen LogP contribution in [0.15, 0.2) is 16.1 Å². The van der Waals surface area contributed by atoms with Gasteiger partial charge >= 0.3 is 0 Å². The SMILES string of the molecule is CC1=NCC(C)=C1C(=O)C(C)(C)C. The number of hydrogen-bond donors (Lipinski definition) is 0. The van der Waals surface area contributed by atoms with Crippen molar-refractivity contribution in [1.29, 1.82) is 0 Å². The summed E-state index contributed by atoms with van der Waals surface area (Å²) in [5, 5.41) is 0. The number of hydrogen-bond acceptors (Lipinski definition) is 2. The number of aliphatic imine (C=N–C) groups is 1. The quantitative estimate of drug-likeness (QED) is 0.607. The summed E-state index contributed by atoms with van der Waals surface area (Å²) < 4.78 is 0. The third kappa shape index (κ3) is 1.87. The molecule has 0 bridgehead atoms. The summed E-state index contributed by atoms with van der Waals surface area (Å²) in [6.45, 7) is 10.4. The minimum atomic E-state index is -0.294. The topological polar surface area (TPSA) is 29.4 Å². The van der Waals surface area contributed by atoms with Crippen molar-refractivity contribution in [2.75, 3.05) is 6.54 Å². The summed E-state index contributed by atoms with van der Waals surface area (Å²) in [6.07, 6.45) is 0. The molecule has 13 heavy (non-hydrogen) atoms. The first-order valence-corrected chi connectivity index (χ1v) is 4.60. The van der Waals surface area contributed by atoms with Crippen LogP contribution >= 0.6 is 0 Å². The van der Waals surface area contributed by atoms with E-state index < -0.39 is 0 Å². The maximum Gasteiger partial charge on any atom is 0.169 e. The van der Waals surface area contributed by atoms with E-state index in [1.54, 1.807) is 0 Å². The molecule has 72 valence electrons. The van der Waals surface area contributed by atoms with E-state index in [1.807, 2.05) is 34.6 Å². The molecular weight excluding hydrogens is 162 g/mol. The maximum absolute atomic E-state index is 11.9. The number of ketones is 1. The Kier molecular flexibility index (Phi) is 2.42. The average molecular weight is 179 g/mol. The first-order chi connectivity index (χ1) is 5.84. The van der Waals surface area contributed by atoms with Crippen LogP contribution in [0.3, 0.4) is 0 Å². The van der Waals surface area contributed by atoms with Crippen LogP contribution in [-0.2, 0) is 4.79 Å². The van der Waals surface area contributed by atoms with Gasteiger partial charge in [-0.3, -0.25) is 9.79 Å². The number of Topliss-reactive ketones (excluding diaryl/α,β-unsaturated/α-hetero) is 1. The Hall–Kier alpha value is -0.920. The molecule has 0 amide bonds. The van der Waals surface area contributed by atoms with Gasteiger partial charge in [0.25, 0.3) is 0 Å². The molecule has 0 fully saturated rings. The van der Waals surface area contributed by atoms with Crippen molar-refractivity contribution in [2.45, 2.75) is 34.6 Å². The molecule has 0 aliphatic carbocycles. The lowest BCUT2D eigenvalue weighted by molar-refractivity contribution is -0.121. The summed E-state index contributed by atoms with van der Waals surface area (Å²) in [7, 11) is 0. The highest BCUT2D eigenvalue weighted by Crippen LogP contribution is 2.25. The molecule has 0 N–H and O–H groups in total. The predicted octanol–water partition coefficient (Wildman–Crippen LogP) is 2.39. The van der Waals surface area contributed by atoms with E-state index in [2.05, 4.69) is 4.99 Å². The van der Waals surface area contributed by atoms with E-state index in [4.69, 9.17) is 0 Å². The van der Waals surface area contributed by atoms with Gasteiger partial charge in [0.15, 0.2) is 5.78 Å². The highest BCUT2D eigenvalue weighted by molar-refractivity contribution is 6.24. The molecule has 1 heterocycles. The van der Waals surface area contributed by atoms with E-state index >= 15 is 0 Å². The molecule has 2 heteroatoms. The number of nitrogens with zero attached hydrogens (tertiary/aromatic N) is 1.